The summed E-state index contributed by atoms with van der Waals surface area (Å²) >= 11 is 0. The molecule has 1 aliphatic heterocycles. The third-order valence-electron chi connectivity index (χ3n) is 1.46. The van der Waals surface area contributed by atoms with Crippen molar-refractivity contribution >= 4 is 12.0 Å². The Kier molecular flexibility index (Phi) is 0.943. The minimum Gasteiger partial charge on any atom is -0.383 e. The Labute approximate surface area is 57.8 Å². The molecule has 4 nitrogen and oxygen atoms in total. The van der Waals surface area contributed by atoms with Crippen LogP contribution in [0.2, 0.25) is 0 Å². The molecule has 0 radical (unpaired) electrons. The summed E-state index contributed by atoms with van der Waals surface area (Å²) in [7, 11) is 0. The van der Waals surface area contributed by atoms with Crippen molar-refractivity contribution in [3.63, 3.8) is 0 Å². The van der Waals surface area contributed by atoms with Gasteiger partial charge >= 0.3 is 0 Å². The largest absolute Gasteiger partial charge is 0.383 e. The van der Waals surface area contributed by atoms with Crippen molar-refractivity contribution in [1.29, 1.82) is 0 Å². The summed E-state index contributed by atoms with van der Waals surface area (Å²) < 4.78 is 0. The van der Waals surface area contributed by atoms with Gasteiger partial charge in [0.25, 0.3) is 0 Å². The van der Waals surface area contributed by atoms with E-state index in [1.54, 1.807) is 6.21 Å². The van der Waals surface area contributed by atoms with Crippen molar-refractivity contribution in [2.45, 2.75) is 6.54 Å². The van der Waals surface area contributed by atoms with Gasteiger partial charge in [0, 0.05) is 6.21 Å². The summed E-state index contributed by atoms with van der Waals surface area (Å²) in [5.41, 5.74) is 7.33. The number of hydrogen-bond donors (Lipinski definition) is 1. The number of nitrogens with two attached hydrogens (primary N) is 1. The first-order chi connectivity index (χ1) is 4.88. The Hall–Kier alpha value is -1.45. The van der Waals surface area contributed by atoms with E-state index in [0.29, 0.717) is 12.4 Å². The fraction of sp³-hybridized carbons (Fsp3) is 0.167. The third-order valence-corrected chi connectivity index (χ3v) is 1.46. The van der Waals surface area contributed by atoms with Crippen LogP contribution in [-0.4, -0.2) is 16.2 Å². The van der Waals surface area contributed by atoms with Gasteiger partial charge in [-0.15, -0.1) is 0 Å². The van der Waals surface area contributed by atoms with E-state index in [0.717, 1.165) is 11.3 Å². The summed E-state index contributed by atoms with van der Waals surface area (Å²) in [5.74, 6) is 0.520. The second kappa shape index (κ2) is 1.76. The number of anilines is 1. The Morgan fingerprint density at radius 3 is 3.10 bits per heavy atom. The molecule has 0 atom stereocenters. The maximum atomic E-state index is 5.53. The lowest BCUT2D eigenvalue weighted by Crippen LogP contribution is -1.99. The van der Waals surface area contributed by atoms with Gasteiger partial charge in [-0.1, -0.05) is 0 Å². The SMILES string of the molecule is Nc1ncnc2c1C=NC2. The average Bonchev–Trinajstić information content (AvgIpc) is 2.36. The molecule has 1 aromatic rings. The Morgan fingerprint density at radius 1 is 1.40 bits per heavy atom. The minimum atomic E-state index is 0.520. The van der Waals surface area contributed by atoms with Gasteiger partial charge in [0.15, 0.2) is 0 Å². The van der Waals surface area contributed by atoms with Crippen molar-refractivity contribution in [2.24, 2.45) is 4.99 Å². The van der Waals surface area contributed by atoms with Gasteiger partial charge in [-0.3, -0.25) is 4.99 Å². The maximum absolute atomic E-state index is 5.53. The number of aliphatic imine (C=N–C) groups is 1. The molecule has 2 heterocycles. The van der Waals surface area contributed by atoms with Crippen molar-refractivity contribution in [1.82, 2.24) is 9.97 Å². The molecule has 0 amide bonds. The van der Waals surface area contributed by atoms with Crippen LogP contribution in [0.25, 0.3) is 0 Å². The number of nitrogen functional groups attached to an aromatic ring is 1. The summed E-state index contributed by atoms with van der Waals surface area (Å²) in [6, 6.07) is 0. The Bertz CT molecular complexity index is 292. The Balaban J connectivity index is 2.67. The molecule has 1 aliphatic rings. The topological polar surface area (TPSA) is 64.2 Å². The predicted octanol–water partition coefficient (Wildman–Crippen LogP) is -0.00870. The first-order valence-electron chi connectivity index (χ1n) is 2.97. The van der Waals surface area contributed by atoms with Crippen LogP contribution in [0.15, 0.2) is 11.3 Å². The van der Waals surface area contributed by atoms with E-state index in [1.165, 1.54) is 6.33 Å². The highest BCUT2D eigenvalue weighted by Gasteiger charge is 2.09. The van der Waals surface area contributed by atoms with Crippen LogP contribution in [0.5, 0.6) is 0 Å². The van der Waals surface area contributed by atoms with Crippen molar-refractivity contribution in [3.8, 4) is 0 Å². The molecule has 0 unspecified atom stereocenters. The van der Waals surface area contributed by atoms with E-state index in [2.05, 4.69) is 15.0 Å². The molecule has 0 saturated carbocycles. The average molecular weight is 134 g/mol. The third kappa shape index (κ3) is 0.586. The zero-order valence-electron chi connectivity index (χ0n) is 5.28. The number of nitrogens with zero attached hydrogens (tertiary/aromatic N) is 3. The van der Waals surface area contributed by atoms with Crippen LogP contribution >= 0.6 is 0 Å². The van der Waals surface area contributed by atoms with Crippen LogP contribution in [-0.2, 0) is 6.54 Å². The first kappa shape index (κ1) is 5.34. The van der Waals surface area contributed by atoms with Crippen LogP contribution in [0.1, 0.15) is 11.3 Å². The van der Waals surface area contributed by atoms with E-state index in [1.807, 2.05) is 0 Å². The monoisotopic (exact) mass is 134 g/mol. The lowest BCUT2D eigenvalue weighted by atomic mass is 10.2. The minimum absolute atomic E-state index is 0.520. The number of fused-ring (bicyclic) bond motifs is 1. The van der Waals surface area contributed by atoms with Gasteiger partial charge < -0.3 is 5.73 Å². The van der Waals surface area contributed by atoms with Crippen molar-refractivity contribution in [3.05, 3.63) is 17.6 Å². The van der Waals surface area contributed by atoms with E-state index in [9.17, 15) is 0 Å². The molecule has 0 aliphatic carbocycles. The molecule has 0 spiro atoms. The number of rotatable bonds is 0. The zero-order valence-corrected chi connectivity index (χ0v) is 5.28. The van der Waals surface area contributed by atoms with Gasteiger partial charge in [0.2, 0.25) is 0 Å². The molecular formula is C6H6N4. The van der Waals surface area contributed by atoms with Crippen molar-refractivity contribution < 1.29 is 0 Å². The second-order valence-corrected chi connectivity index (χ2v) is 2.09. The lowest BCUT2D eigenvalue weighted by molar-refractivity contribution is 0.997. The smallest absolute Gasteiger partial charge is 0.135 e. The van der Waals surface area contributed by atoms with Gasteiger partial charge in [0.1, 0.15) is 12.1 Å². The molecule has 2 N–H and O–H groups in total. The highest BCUT2D eigenvalue weighted by molar-refractivity contribution is 5.88. The molecule has 0 aromatic carbocycles. The van der Waals surface area contributed by atoms with E-state index < -0.39 is 0 Å². The standard InChI is InChI=1S/C6H6N4/c7-6-4-1-8-2-5(4)9-3-10-6/h1,3H,2H2,(H2,7,9,10). The first-order valence-corrected chi connectivity index (χ1v) is 2.97. The van der Waals surface area contributed by atoms with Crippen LogP contribution < -0.4 is 5.73 Å². The molecule has 1 aromatic heterocycles. The fourth-order valence-electron chi connectivity index (χ4n) is 0.938. The highest BCUT2D eigenvalue weighted by Crippen LogP contribution is 2.14. The predicted molar refractivity (Wildman–Crippen MR) is 37.7 cm³/mol. The van der Waals surface area contributed by atoms with Crippen molar-refractivity contribution in [2.75, 3.05) is 5.73 Å². The summed E-state index contributed by atoms with van der Waals surface area (Å²) in [6.07, 6.45) is 3.17. The normalized spacial score (nSPS) is 13.6. The second-order valence-electron chi connectivity index (χ2n) is 2.09. The van der Waals surface area contributed by atoms with Gasteiger partial charge in [-0.25, -0.2) is 9.97 Å². The summed E-state index contributed by atoms with van der Waals surface area (Å²) in [4.78, 5) is 11.8. The molecule has 10 heavy (non-hydrogen) atoms. The Morgan fingerprint density at radius 2 is 2.30 bits per heavy atom. The fourth-order valence-corrected chi connectivity index (χ4v) is 0.938. The molecular weight excluding hydrogens is 128 g/mol. The highest BCUT2D eigenvalue weighted by atomic mass is 14.9. The quantitative estimate of drug-likeness (QED) is 0.542. The lowest BCUT2D eigenvalue weighted by Gasteiger charge is -1.96. The molecule has 0 fully saturated rings. The van der Waals surface area contributed by atoms with Crippen LogP contribution in [0.4, 0.5) is 5.82 Å². The molecule has 0 bridgehead atoms. The zero-order chi connectivity index (χ0) is 6.97. The molecule has 50 valence electrons. The molecule has 0 saturated heterocycles. The number of aromatic nitrogens is 2. The molecule has 2 rings (SSSR count). The van der Waals surface area contributed by atoms with E-state index >= 15 is 0 Å². The maximum Gasteiger partial charge on any atom is 0.135 e. The van der Waals surface area contributed by atoms with E-state index in [-0.39, 0.29) is 0 Å². The summed E-state index contributed by atoms with van der Waals surface area (Å²) in [6.45, 7) is 0.641. The van der Waals surface area contributed by atoms with Crippen LogP contribution in [0, 0.1) is 0 Å². The number of hydrogen-bond acceptors (Lipinski definition) is 4. The molecule has 4 heteroatoms. The summed E-state index contributed by atoms with van der Waals surface area (Å²) in [5, 5.41) is 0. The van der Waals surface area contributed by atoms with E-state index in [4.69, 9.17) is 5.73 Å². The van der Waals surface area contributed by atoms with Crippen LogP contribution in [0.3, 0.4) is 0 Å². The van der Waals surface area contributed by atoms with Gasteiger partial charge in [-0.05, 0) is 0 Å². The van der Waals surface area contributed by atoms with Gasteiger partial charge in [-0.2, -0.15) is 0 Å². The van der Waals surface area contributed by atoms with Gasteiger partial charge in [0.05, 0.1) is 17.8 Å².